The standard InChI is InChI=1S/C62H45N/c1-61(2)56-31-16-14-28-51(56)53-36-34-47(40-58(53)61)63(60-38-33-44(39-55(60)43-19-6-3-7-20-43)50-30-18-22-42-21-12-13-27-49(42)50)48-35-37-54-52-29-15-17-32-57(52)62(59(54)41-48,45-23-8-4-9-24-45)46-25-10-5-11-26-46/h3-41H,1-2H3. The van der Waals surface area contributed by atoms with Crippen LogP contribution in [-0.2, 0) is 10.8 Å². The second-order valence-electron chi connectivity index (χ2n) is 17.6. The molecule has 10 aromatic rings. The van der Waals surface area contributed by atoms with Crippen LogP contribution in [-0.4, -0.2) is 0 Å². The van der Waals surface area contributed by atoms with Crippen LogP contribution in [0.5, 0.6) is 0 Å². The molecule has 0 heterocycles. The van der Waals surface area contributed by atoms with Gasteiger partial charge in [0.1, 0.15) is 0 Å². The molecule has 0 amide bonds. The summed E-state index contributed by atoms with van der Waals surface area (Å²) in [6.45, 7) is 4.75. The van der Waals surface area contributed by atoms with Crippen LogP contribution in [0.2, 0.25) is 0 Å². The molecule has 1 heteroatoms. The van der Waals surface area contributed by atoms with Crippen LogP contribution in [0.3, 0.4) is 0 Å². The van der Waals surface area contributed by atoms with Gasteiger partial charge >= 0.3 is 0 Å². The minimum atomic E-state index is -0.530. The highest BCUT2D eigenvalue weighted by Gasteiger charge is 2.46. The van der Waals surface area contributed by atoms with Crippen molar-refractivity contribution in [1.29, 1.82) is 0 Å². The minimum Gasteiger partial charge on any atom is -0.310 e. The predicted octanol–water partition coefficient (Wildman–Crippen LogP) is 16.3. The molecule has 2 aliphatic carbocycles. The van der Waals surface area contributed by atoms with Crippen LogP contribution >= 0.6 is 0 Å². The van der Waals surface area contributed by atoms with Gasteiger partial charge in [0.25, 0.3) is 0 Å². The second kappa shape index (κ2) is 14.4. The van der Waals surface area contributed by atoms with E-state index in [1.807, 2.05) is 0 Å². The fourth-order valence-electron chi connectivity index (χ4n) is 11.1. The van der Waals surface area contributed by atoms with E-state index in [9.17, 15) is 0 Å². The molecule has 0 aliphatic heterocycles. The fraction of sp³-hybridized carbons (Fsp3) is 0.0645. The summed E-state index contributed by atoms with van der Waals surface area (Å²) in [5.41, 5.74) is 20.4. The molecule has 0 N–H and O–H groups in total. The number of fused-ring (bicyclic) bond motifs is 7. The van der Waals surface area contributed by atoms with Gasteiger partial charge in [-0.3, -0.25) is 0 Å². The molecule has 63 heavy (non-hydrogen) atoms. The van der Waals surface area contributed by atoms with Gasteiger partial charge in [-0.05, 0) is 119 Å². The van der Waals surface area contributed by atoms with Gasteiger partial charge in [-0.1, -0.05) is 214 Å². The highest BCUT2D eigenvalue weighted by atomic mass is 15.1. The van der Waals surface area contributed by atoms with Crippen molar-refractivity contribution in [2.45, 2.75) is 24.7 Å². The Morgan fingerprint density at radius 3 is 1.52 bits per heavy atom. The maximum atomic E-state index is 2.53. The molecule has 0 aromatic heterocycles. The fourth-order valence-corrected chi connectivity index (χ4v) is 11.1. The van der Waals surface area contributed by atoms with Crippen LogP contribution < -0.4 is 4.90 Å². The maximum absolute atomic E-state index is 2.53. The normalized spacial score (nSPS) is 13.8. The molecule has 0 saturated carbocycles. The predicted molar refractivity (Wildman–Crippen MR) is 264 cm³/mol. The van der Waals surface area contributed by atoms with E-state index in [0.29, 0.717) is 0 Å². The Labute approximate surface area is 370 Å². The van der Waals surface area contributed by atoms with E-state index in [0.717, 1.165) is 17.1 Å². The summed E-state index contributed by atoms with van der Waals surface area (Å²) >= 11 is 0. The van der Waals surface area contributed by atoms with Gasteiger partial charge in [-0.25, -0.2) is 0 Å². The van der Waals surface area contributed by atoms with E-state index in [2.05, 4.69) is 255 Å². The third-order valence-electron chi connectivity index (χ3n) is 13.9. The van der Waals surface area contributed by atoms with Crippen molar-refractivity contribution in [2.24, 2.45) is 0 Å². The summed E-state index contributed by atoms with van der Waals surface area (Å²) in [4.78, 5) is 2.53. The van der Waals surface area contributed by atoms with Crippen molar-refractivity contribution in [2.75, 3.05) is 4.90 Å². The summed E-state index contributed by atoms with van der Waals surface area (Å²) in [7, 11) is 0. The van der Waals surface area contributed by atoms with E-state index in [1.54, 1.807) is 0 Å². The number of hydrogen-bond donors (Lipinski definition) is 0. The zero-order chi connectivity index (χ0) is 42.1. The topological polar surface area (TPSA) is 3.24 Å². The van der Waals surface area contributed by atoms with Crippen molar-refractivity contribution in [3.8, 4) is 44.5 Å². The van der Waals surface area contributed by atoms with Crippen LogP contribution in [0.25, 0.3) is 55.3 Å². The molecule has 0 saturated heterocycles. The summed E-state index contributed by atoms with van der Waals surface area (Å²) < 4.78 is 0. The lowest BCUT2D eigenvalue weighted by molar-refractivity contribution is 0.660. The Morgan fingerprint density at radius 2 is 0.825 bits per heavy atom. The Morgan fingerprint density at radius 1 is 0.317 bits per heavy atom. The zero-order valence-electron chi connectivity index (χ0n) is 35.5. The molecule has 0 spiro atoms. The van der Waals surface area contributed by atoms with Crippen LogP contribution in [0.15, 0.2) is 237 Å². The lowest BCUT2D eigenvalue weighted by Gasteiger charge is -2.35. The molecule has 2 aliphatic rings. The van der Waals surface area contributed by atoms with E-state index >= 15 is 0 Å². The summed E-state index contributed by atoms with van der Waals surface area (Å²) in [6, 6.07) is 88.0. The van der Waals surface area contributed by atoms with Crippen molar-refractivity contribution in [3.63, 3.8) is 0 Å². The summed E-state index contributed by atoms with van der Waals surface area (Å²) in [5.74, 6) is 0. The van der Waals surface area contributed by atoms with Crippen LogP contribution in [0, 0.1) is 0 Å². The molecule has 0 bridgehead atoms. The smallest absolute Gasteiger partial charge is 0.0714 e. The van der Waals surface area contributed by atoms with Gasteiger partial charge in [0.05, 0.1) is 11.1 Å². The van der Waals surface area contributed by atoms with E-state index in [-0.39, 0.29) is 5.41 Å². The Kier molecular flexibility index (Phi) is 8.49. The van der Waals surface area contributed by atoms with Gasteiger partial charge in [0.15, 0.2) is 0 Å². The van der Waals surface area contributed by atoms with Crippen LogP contribution in [0.4, 0.5) is 17.1 Å². The Bertz CT molecular complexity index is 3320. The molecule has 1 nitrogen and oxygen atoms in total. The molecular weight excluding hydrogens is 759 g/mol. The average molecular weight is 804 g/mol. The third kappa shape index (κ3) is 5.63. The third-order valence-corrected chi connectivity index (χ3v) is 13.9. The number of hydrogen-bond acceptors (Lipinski definition) is 1. The maximum Gasteiger partial charge on any atom is 0.0714 e. The molecule has 12 rings (SSSR count). The van der Waals surface area contributed by atoms with E-state index < -0.39 is 5.41 Å². The van der Waals surface area contributed by atoms with Crippen molar-refractivity contribution < 1.29 is 0 Å². The molecular formula is C62H45N. The molecule has 0 radical (unpaired) electrons. The first-order valence-corrected chi connectivity index (χ1v) is 22.1. The SMILES string of the molecule is CC1(C)c2ccccc2-c2ccc(N(c3ccc4c(c3)C(c3ccccc3)(c3ccccc3)c3ccccc3-4)c3ccc(-c4cccc5ccccc45)cc3-c3ccccc3)cc21. The van der Waals surface area contributed by atoms with Gasteiger partial charge in [-0.2, -0.15) is 0 Å². The van der Waals surface area contributed by atoms with Crippen molar-refractivity contribution in [3.05, 3.63) is 270 Å². The van der Waals surface area contributed by atoms with E-state index in [4.69, 9.17) is 0 Å². The summed E-state index contributed by atoms with van der Waals surface area (Å²) in [5, 5.41) is 2.49. The van der Waals surface area contributed by atoms with Crippen LogP contribution in [0.1, 0.15) is 47.2 Å². The quantitative estimate of drug-likeness (QED) is 0.155. The van der Waals surface area contributed by atoms with Gasteiger partial charge in [0, 0.05) is 22.4 Å². The molecule has 0 atom stereocenters. The largest absolute Gasteiger partial charge is 0.310 e. The van der Waals surface area contributed by atoms with E-state index in [1.165, 1.54) is 88.7 Å². The summed E-state index contributed by atoms with van der Waals surface area (Å²) in [6.07, 6.45) is 0. The first kappa shape index (κ1) is 37.1. The van der Waals surface area contributed by atoms with Gasteiger partial charge in [0.2, 0.25) is 0 Å². The number of anilines is 3. The molecule has 0 fully saturated rings. The number of nitrogens with zero attached hydrogens (tertiary/aromatic N) is 1. The van der Waals surface area contributed by atoms with Gasteiger partial charge in [-0.15, -0.1) is 0 Å². The zero-order valence-corrected chi connectivity index (χ0v) is 35.5. The van der Waals surface area contributed by atoms with Gasteiger partial charge < -0.3 is 4.90 Å². The molecule has 298 valence electrons. The highest BCUT2D eigenvalue weighted by molar-refractivity contribution is 6.00. The average Bonchev–Trinajstić information content (AvgIpc) is 3.77. The monoisotopic (exact) mass is 803 g/mol. The first-order chi connectivity index (χ1) is 31.0. The lowest BCUT2D eigenvalue weighted by Crippen LogP contribution is -2.28. The Hall–Kier alpha value is -7.74. The Balaban J connectivity index is 1.15. The van der Waals surface area contributed by atoms with Crippen molar-refractivity contribution >= 4 is 27.8 Å². The van der Waals surface area contributed by atoms with Crippen molar-refractivity contribution in [1.82, 2.24) is 0 Å². The molecule has 10 aromatic carbocycles. The highest BCUT2D eigenvalue weighted by Crippen LogP contribution is 2.58. The number of rotatable bonds is 7. The molecule has 0 unspecified atom stereocenters. The minimum absolute atomic E-state index is 0.163. The number of benzene rings is 10. The first-order valence-electron chi connectivity index (χ1n) is 22.1. The second-order valence-corrected chi connectivity index (χ2v) is 17.6. The lowest BCUT2D eigenvalue weighted by atomic mass is 9.67.